The van der Waals surface area contributed by atoms with Crippen molar-refractivity contribution in [2.24, 2.45) is 0 Å². The molecule has 0 amide bonds. The van der Waals surface area contributed by atoms with Crippen LogP contribution in [0.1, 0.15) is 6.42 Å². The lowest BCUT2D eigenvalue weighted by molar-refractivity contribution is 0.122. The summed E-state index contributed by atoms with van der Waals surface area (Å²) in [4.78, 5) is 9.18. The number of anilines is 2. The highest BCUT2D eigenvalue weighted by Crippen LogP contribution is 2.25. The van der Waals surface area contributed by atoms with Crippen molar-refractivity contribution in [3.63, 3.8) is 0 Å². The minimum atomic E-state index is -0.216. The van der Waals surface area contributed by atoms with Gasteiger partial charge in [0.15, 0.2) is 0 Å². The molecule has 2 aliphatic rings. The van der Waals surface area contributed by atoms with Crippen molar-refractivity contribution >= 4 is 34.2 Å². The average molecular weight is 375 g/mol. The summed E-state index contributed by atoms with van der Waals surface area (Å²) in [6.45, 7) is 4.91. The van der Waals surface area contributed by atoms with Gasteiger partial charge in [0.1, 0.15) is 11.6 Å². The first kappa shape index (κ1) is 13.4. The fourth-order valence-corrected chi connectivity index (χ4v) is 3.09. The number of rotatable bonds is 2. The van der Waals surface area contributed by atoms with Crippen LogP contribution >= 0.6 is 22.6 Å². The first-order chi connectivity index (χ1) is 9.22. The predicted octanol–water partition coefficient (Wildman–Crippen LogP) is 1.09. The maximum atomic E-state index is 9.65. The molecule has 1 aromatic heterocycles. The highest BCUT2D eigenvalue weighted by molar-refractivity contribution is 14.1. The van der Waals surface area contributed by atoms with Crippen molar-refractivity contribution in [3.8, 4) is 0 Å². The van der Waals surface area contributed by atoms with E-state index in [1.165, 1.54) is 3.57 Å². The lowest BCUT2D eigenvalue weighted by atomic mass is 10.3. The van der Waals surface area contributed by atoms with Crippen LogP contribution in [0.3, 0.4) is 0 Å². The minimum absolute atomic E-state index is 0.216. The van der Waals surface area contributed by atoms with E-state index in [1.807, 2.05) is 0 Å². The summed E-state index contributed by atoms with van der Waals surface area (Å²) >= 11 is 2.33. The first-order valence-corrected chi connectivity index (χ1v) is 7.73. The lowest BCUT2D eigenvalue weighted by Crippen LogP contribution is -2.37. The van der Waals surface area contributed by atoms with E-state index in [1.54, 1.807) is 0 Å². The molecule has 3 rings (SSSR count). The van der Waals surface area contributed by atoms with Gasteiger partial charge in [0, 0.05) is 29.7 Å². The van der Waals surface area contributed by atoms with Gasteiger partial charge in [-0.15, -0.1) is 0 Å². The molecule has 0 aliphatic carbocycles. The number of hydrogen-bond donors (Lipinski definition) is 1. The van der Waals surface area contributed by atoms with Gasteiger partial charge in [-0.1, -0.05) is 0 Å². The normalized spacial score (nSPS) is 24.0. The third-order valence-electron chi connectivity index (χ3n) is 3.59. The predicted molar refractivity (Wildman–Crippen MR) is 82.8 cm³/mol. The van der Waals surface area contributed by atoms with E-state index in [9.17, 15) is 5.11 Å². The number of pyridine rings is 1. The fourth-order valence-electron chi connectivity index (χ4n) is 2.54. The molecule has 1 atom stereocenters. The molecule has 0 unspecified atom stereocenters. The molecule has 5 nitrogen and oxygen atoms in total. The third kappa shape index (κ3) is 3.11. The van der Waals surface area contributed by atoms with Gasteiger partial charge in [0.05, 0.1) is 19.3 Å². The second-order valence-electron chi connectivity index (χ2n) is 4.99. The van der Waals surface area contributed by atoms with Crippen molar-refractivity contribution in [2.45, 2.75) is 12.5 Å². The van der Waals surface area contributed by atoms with Gasteiger partial charge >= 0.3 is 0 Å². The summed E-state index contributed by atoms with van der Waals surface area (Å²) in [5.74, 6) is 2.00. The molecule has 2 saturated heterocycles. The monoisotopic (exact) mass is 375 g/mol. The van der Waals surface area contributed by atoms with Gasteiger partial charge < -0.3 is 19.6 Å². The molecule has 1 aromatic rings. The Kier molecular flexibility index (Phi) is 4.09. The van der Waals surface area contributed by atoms with E-state index in [0.29, 0.717) is 6.54 Å². The van der Waals surface area contributed by atoms with E-state index < -0.39 is 0 Å². The molecule has 0 saturated carbocycles. The third-order valence-corrected chi connectivity index (χ3v) is 4.21. The van der Waals surface area contributed by atoms with E-state index in [-0.39, 0.29) is 6.10 Å². The molecule has 6 heteroatoms. The Labute approximate surface area is 126 Å². The van der Waals surface area contributed by atoms with Gasteiger partial charge in [-0.05, 0) is 41.1 Å². The molecular formula is C13H18IN3O2. The highest BCUT2D eigenvalue weighted by atomic mass is 127. The maximum Gasteiger partial charge on any atom is 0.132 e. The summed E-state index contributed by atoms with van der Waals surface area (Å²) in [6.07, 6.45) is 0.617. The van der Waals surface area contributed by atoms with Crippen molar-refractivity contribution in [3.05, 3.63) is 15.7 Å². The second-order valence-corrected chi connectivity index (χ2v) is 6.24. The Morgan fingerprint density at radius 3 is 2.47 bits per heavy atom. The van der Waals surface area contributed by atoms with Crippen LogP contribution in [0.4, 0.5) is 11.6 Å². The van der Waals surface area contributed by atoms with E-state index in [2.05, 4.69) is 44.5 Å². The zero-order chi connectivity index (χ0) is 13.2. The summed E-state index contributed by atoms with van der Waals surface area (Å²) in [6, 6.07) is 4.20. The molecule has 0 bridgehead atoms. The molecule has 1 N–H and O–H groups in total. The fraction of sp³-hybridized carbons (Fsp3) is 0.615. The van der Waals surface area contributed by atoms with Crippen LogP contribution in [0.5, 0.6) is 0 Å². The number of morpholine rings is 1. The molecule has 2 aliphatic heterocycles. The molecule has 0 aromatic carbocycles. The Morgan fingerprint density at radius 2 is 1.84 bits per heavy atom. The van der Waals surface area contributed by atoms with Crippen molar-refractivity contribution < 1.29 is 9.84 Å². The van der Waals surface area contributed by atoms with Gasteiger partial charge in [0.25, 0.3) is 0 Å². The highest BCUT2D eigenvalue weighted by Gasteiger charge is 2.23. The van der Waals surface area contributed by atoms with Crippen molar-refractivity contribution in [2.75, 3.05) is 49.2 Å². The zero-order valence-corrected chi connectivity index (χ0v) is 12.9. The van der Waals surface area contributed by atoms with Crippen molar-refractivity contribution in [1.82, 2.24) is 4.98 Å². The Bertz CT molecular complexity index is 429. The summed E-state index contributed by atoms with van der Waals surface area (Å²) in [5, 5.41) is 9.65. The Balaban J connectivity index is 1.83. The number of aliphatic hydroxyl groups is 1. The average Bonchev–Trinajstić information content (AvgIpc) is 2.86. The molecule has 2 fully saturated rings. The second kappa shape index (κ2) is 5.80. The van der Waals surface area contributed by atoms with Gasteiger partial charge in [0.2, 0.25) is 0 Å². The number of ether oxygens (including phenoxy) is 1. The number of halogens is 1. The first-order valence-electron chi connectivity index (χ1n) is 6.66. The lowest BCUT2D eigenvalue weighted by Gasteiger charge is -2.29. The number of hydrogen-bond acceptors (Lipinski definition) is 5. The minimum Gasteiger partial charge on any atom is -0.391 e. The van der Waals surface area contributed by atoms with E-state index in [4.69, 9.17) is 9.72 Å². The van der Waals surface area contributed by atoms with Crippen molar-refractivity contribution in [1.29, 1.82) is 0 Å². The van der Waals surface area contributed by atoms with E-state index >= 15 is 0 Å². The summed E-state index contributed by atoms with van der Waals surface area (Å²) < 4.78 is 6.57. The molecule has 0 spiro atoms. The standard InChI is InChI=1S/C13H18IN3O2/c14-10-7-12(16-3-5-19-6-4-16)15-13(8-10)17-2-1-11(18)9-17/h7-8,11,18H,1-6,9H2/t11-/m0/s1. The number of nitrogens with zero attached hydrogens (tertiary/aromatic N) is 3. The molecular weight excluding hydrogens is 357 g/mol. The van der Waals surface area contributed by atoms with Gasteiger partial charge in [-0.2, -0.15) is 0 Å². The molecule has 19 heavy (non-hydrogen) atoms. The molecule has 3 heterocycles. The molecule has 104 valence electrons. The summed E-state index contributed by atoms with van der Waals surface area (Å²) in [5.41, 5.74) is 0. The quantitative estimate of drug-likeness (QED) is 0.785. The Hall–Kier alpha value is -0.600. The van der Waals surface area contributed by atoms with Crippen LogP contribution in [-0.4, -0.2) is 55.6 Å². The number of β-amino-alcohol motifs (C(OH)–C–C–N with tert-alkyl or cyclic N) is 1. The maximum absolute atomic E-state index is 9.65. The molecule has 0 radical (unpaired) electrons. The number of aliphatic hydroxyl groups excluding tert-OH is 1. The zero-order valence-electron chi connectivity index (χ0n) is 10.8. The van der Waals surface area contributed by atoms with Gasteiger partial charge in [-0.25, -0.2) is 4.98 Å². The van der Waals surface area contributed by atoms with Crippen LogP contribution < -0.4 is 9.80 Å². The largest absolute Gasteiger partial charge is 0.391 e. The SMILES string of the molecule is O[C@H]1CCN(c2cc(I)cc(N3CCOCC3)n2)C1. The Morgan fingerprint density at radius 1 is 1.16 bits per heavy atom. The number of aromatic nitrogens is 1. The summed E-state index contributed by atoms with van der Waals surface area (Å²) in [7, 11) is 0. The van der Waals surface area contributed by atoms with Crippen LogP contribution in [0.15, 0.2) is 12.1 Å². The van der Waals surface area contributed by atoms with E-state index in [0.717, 1.165) is 50.9 Å². The van der Waals surface area contributed by atoms with Crippen LogP contribution in [-0.2, 0) is 4.74 Å². The smallest absolute Gasteiger partial charge is 0.132 e. The van der Waals surface area contributed by atoms with Crippen LogP contribution in [0.2, 0.25) is 0 Å². The van der Waals surface area contributed by atoms with Crippen LogP contribution in [0, 0.1) is 3.57 Å². The van der Waals surface area contributed by atoms with Gasteiger partial charge in [-0.3, -0.25) is 0 Å². The topological polar surface area (TPSA) is 48.8 Å². The van der Waals surface area contributed by atoms with Crippen LogP contribution in [0.25, 0.3) is 0 Å².